The fourth-order valence-electron chi connectivity index (χ4n) is 6.35. The predicted octanol–water partition coefficient (Wildman–Crippen LogP) is 4.95. The topological polar surface area (TPSA) is 106 Å². The Balaban J connectivity index is 1.46. The summed E-state index contributed by atoms with van der Waals surface area (Å²) in [6.07, 6.45) is 0.619. The number of fused-ring (bicyclic) bond motifs is 2. The molecule has 2 aliphatic rings. The van der Waals surface area contributed by atoms with Crippen molar-refractivity contribution < 1.29 is 33.4 Å². The summed E-state index contributed by atoms with van der Waals surface area (Å²) >= 11 is 0. The number of ether oxygens (including phenoxy) is 3. The maximum Gasteiger partial charge on any atom is 0.415 e. The van der Waals surface area contributed by atoms with Gasteiger partial charge >= 0.3 is 12.1 Å². The first-order chi connectivity index (χ1) is 22.5. The Bertz CT molecular complexity index is 1630. The summed E-state index contributed by atoms with van der Waals surface area (Å²) in [5.74, 6) is -0.382. The van der Waals surface area contributed by atoms with Gasteiger partial charge in [-0.15, -0.1) is 0 Å². The predicted molar refractivity (Wildman–Crippen MR) is 177 cm³/mol. The van der Waals surface area contributed by atoms with Gasteiger partial charge in [0.25, 0.3) is 0 Å². The van der Waals surface area contributed by atoms with Gasteiger partial charge in [-0.3, -0.25) is 19.3 Å². The maximum atomic E-state index is 14.6. The van der Waals surface area contributed by atoms with Gasteiger partial charge in [0.05, 0.1) is 32.9 Å². The molecule has 0 saturated carbocycles. The molecule has 2 atom stereocenters. The van der Waals surface area contributed by atoms with E-state index in [4.69, 9.17) is 14.2 Å². The molecule has 0 unspecified atom stereocenters. The van der Waals surface area contributed by atoms with Crippen molar-refractivity contribution in [2.45, 2.75) is 70.7 Å². The highest BCUT2D eigenvalue weighted by molar-refractivity contribution is 6.01. The number of hydrogen-bond donors (Lipinski definition) is 0. The van der Waals surface area contributed by atoms with Gasteiger partial charge in [-0.25, -0.2) is 4.79 Å². The Morgan fingerprint density at radius 3 is 2.21 bits per heavy atom. The van der Waals surface area contributed by atoms with Gasteiger partial charge in [0.2, 0.25) is 11.8 Å². The van der Waals surface area contributed by atoms with Gasteiger partial charge in [0.15, 0.2) is 0 Å². The highest BCUT2D eigenvalue weighted by atomic mass is 16.6. The van der Waals surface area contributed by atoms with Crippen LogP contribution in [0.15, 0.2) is 72.8 Å². The van der Waals surface area contributed by atoms with Crippen molar-refractivity contribution in [1.29, 1.82) is 0 Å². The van der Waals surface area contributed by atoms with Crippen LogP contribution in [0.3, 0.4) is 0 Å². The molecule has 47 heavy (non-hydrogen) atoms. The van der Waals surface area contributed by atoms with Gasteiger partial charge < -0.3 is 24.0 Å². The molecule has 0 radical (unpaired) electrons. The lowest BCUT2D eigenvalue weighted by Crippen LogP contribution is -2.55. The van der Waals surface area contributed by atoms with Crippen LogP contribution in [0.1, 0.15) is 49.4 Å². The van der Waals surface area contributed by atoms with Crippen LogP contribution in [-0.4, -0.2) is 78.7 Å². The Kier molecular flexibility index (Phi) is 10.2. The summed E-state index contributed by atoms with van der Waals surface area (Å²) in [6, 6.07) is 21.5. The van der Waals surface area contributed by atoms with Gasteiger partial charge in [0.1, 0.15) is 17.4 Å². The molecule has 2 aliphatic heterocycles. The third kappa shape index (κ3) is 7.76. The maximum absolute atomic E-state index is 14.6. The van der Waals surface area contributed by atoms with Crippen LogP contribution in [0, 0.1) is 0 Å². The summed E-state index contributed by atoms with van der Waals surface area (Å²) in [5, 5.41) is 0. The summed E-state index contributed by atoms with van der Waals surface area (Å²) in [5.41, 5.74) is 3.64. The highest BCUT2D eigenvalue weighted by Gasteiger charge is 2.43. The molecule has 248 valence electrons. The molecule has 10 nitrogen and oxygen atoms in total. The van der Waals surface area contributed by atoms with E-state index in [0.29, 0.717) is 30.8 Å². The lowest BCUT2D eigenvalue weighted by molar-refractivity contribution is -0.147. The van der Waals surface area contributed by atoms with Gasteiger partial charge in [-0.2, -0.15) is 0 Å². The van der Waals surface area contributed by atoms with Crippen LogP contribution in [0.4, 0.5) is 10.5 Å². The van der Waals surface area contributed by atoms with E-state index >= 15 is 0 Å². The Morgan fingerprint density at radius 1 is 0.851 bits per heavy atom. The molecular weight excluding hydrogens is 598 g/mol. The van der Waals surface area contributed by atoms with Crippen molar-refractivity contribution in [2.75, 3.05) is 32.2 Å². The molecule has 10 heteroatoms. The molecule has 3 amide bonds. The lowest BCUT2D eigenvalue weighted by atomic mass is 9.92. The van der Waals surface area contributed by atoms with E-state index in [9.17, 15) is 19.2 Å². The number of carbonyl (C=O) groups is 4. The van der Waals surface area contributed by atoms with E-state index in [1.54, 1.807) is 38.8 Å². The normalized spacial score (nSPS) is 17.0. The zero-order valence-corrected chi connectivity index (χ0v) is 27.7. The van der Waals surface area contributed by atoms with E-state index in [-0.39, 0.29) is 37.7 Å². The van der Waals surface area contributed by atoms with Crippen LogP contribution in [0.2, 0.25) is 0 Å². The molecular formula is C37H43N3O7. The van der Waals surface area contributed by atoms with E-state index in [1.165, 1.54) is 16.9 Å². The van der Waals surface area contributed by atoms with Crippen molar-refractivity contribution >= 4 is 29.6 Å². The lowest BCUT2D eigenvalue weighted by Gasteiger charge is -2.38. The fraction of sp³-hybridized carbons (Fsp3) is 0.405. The first-order valence-corrected chi connectivity index (χ1v) is 15.9. The van der Waals surface area contributed by atoms with Gasteiger partial charge in [-0.1, -0.05) is 60.7 Å². The number of benzene rings is 3. The SMILES string of the molecule is COC(=O)C[C@H]1Cc2ccccc2CN1C(=O)CN(CCc1ccccc1OC)C(=O)[C@H]1Cc2ccccc2N1C(=O)OC(C)(C)C. The average Bonchev–Trinajstić information content (AvgIpc) is 3.45. The number of amides is 3. The molecule has 0 aromatic heterocycles. The van der Waals surface area contributed by atoms with Crippen LogP contribution < -0.4 is 9.64 Å². The number of rotatable bonds is 9. The highest BCUT2D eigenvalue weighted by Crippen LogP contribution is 2.35. The zero-order valence-electron chi connectivity index (χ0n) is 27.7. The average molecular weight is 642 g/mol. The molecule has 0 bridgehead atoms. The zero-order chi connectivity index (χ0) is 33.7. The van der Waals surface area contributed by atoms with E-state index in [0.717, 1.165) is 22.3 Å². The van der Waals surface area contributed by atoms with E-state index < -0.39 is 29.7 Å². The smallest absolute Gasteiger partial charge is 0.415 e. The third-order valence-corrected chi connectivity index (χ3v) is 8.64. The number of nitrogens with zero attached hydrogens (tertiary/aromatic N) is 3. The second-order valence-electron chi connectivity index (χ2n) is 12.9. The monoisotopic (exact) mass is 641 g/mol. The standard InChI is InChI=1S/C37H43N3O7/c1-37(2,3)47-36(44)40-30-16-10-8-14-27(30)21-31(40)35(43)38(19-18-25-12-9-11-17-32(25)45-4)24-33(41)39-23-28-15-7-6-13-26(28)20-29(39)22-34(42)46-5/h6-17,29,31H,18-24H2,1-5H3/t29-,31-/m1/s1. The summed E-state index contributed by atoms with van der Waals surface area (Å²) in [7, 11) is 2.93. The number of hydrogen-bond acceptors (Lipinski definition) is 7. The summed E-state index contributed by atoms with van der Waals surface area (Å²) in [6.45, 7) is 5.62. The van der Waals surface area contributed by atoms with Crippen molar-refractivity contribution in [3.8, 4) is 5.75 Å². The molecule has 3 aromatic rings. The van der Waals surface area contributed by atoms with Crippen LogP contribution in [0.25, 0.3) is 0 Å². The van der Waals surface area contributed by atoms with E-state index in [1.807, 2.05) is 66.7 Å². The minimum atomic E-state index is -0.902. The molecule has 0 aliphatic carbocycles. The molecule has 5 rings (SSSR count). The van der Waals surface area contributed by atoms with Crippen molar-refractivity contribution in [3.63, 3.8) is 0 Å². The number of esters is 1. The van der Waals surface area contributed by atoms with Crippen LogP contribution >= 0.6 is 0 Å². The molecule has 2 heterocycles. The van der Waals surface area contributed by atoms with Gasteiger partial charge in [-0.05, 0) is 68.0 Å². The van der Waals surface area contributed by atoms with Crippen molar-refractivity contribution in [3.05, 3.63) is 95.1 Å². The Labute approximate surface area is 276 Å². The largest absolute Gasteiger partial charge is 0.496 e. The minimum Gasteiger partial charge on any atom is -0.496 e. The van der Waals surface area contributed by atoms with Crippen molar-refractivity contribution in [1.82, 2.24) is 9.80 Å². The van der Waals surface area contributed by atoms with E-state index in [2.05, 4.69) is 0 Å². The third-order valence-electron chi connectivity index (χ3n) is 8.64. The Morgan fingerprint density at radius 2 is 1.51 bits per heavy atom. The first-order valence-electron chi connectivity index (χ1n) is 15.9. The molecule has 3 aromatic carbocycles. The number of methoxy groups -OCH3 is 2. The second-order valence-corrected chi connectivity index (χ2v) is 12.9. The van der Waals surface area contributed by atoms with Crippen LogP contribution in [0.5, 0.6) is 5.75 Å². The molecule has 0 spiro atoms. The minimum absolute atomic E-state index is 0.0378. The number of para-hydroxylation sites is 2. The number of anilines is 1. The fourth-order valence-corrected chi connectivity index (χ4v) is 6.35. The molecule has 0 saturated heterocycles. The summed E-state index contributed by atoms with van der Waals surface area (Å²) in [4.78, 5) is 59.4. The van der Waals surface area contributed by atoms with Crippen molar-refractivity contribution in [2.24, 2.45) is 0 Å². The van der Waals surface area contributed by atoms with Gasteiger partial charge in [0, 0.05) is 25.6 Å². The molecule has 0 fully saturated rings. The molecule has 0 N–H and O–H groups in total. The first kappa shape index (κ1) is 33.5. The second kappa shape index (κ2) is 14.3. The quantitative estimate of drug-likeness (QED) is 0.305. The Hall–Kier alpha value is -4.86. The summed E-state index contributed by atoms with van der Waals surface area (Å²) < 4.78 is 16.3. The number of carbonyl (C=O) groups excluding carboxylic acids is 4. The van der Waals surface area contributed by atoms with Crippen LogP contribution in [-0.2, 0) is 49.7 Å².